The van der Waals surface area contributed by atoms with Crippen LogP contribution in [-0.4, -0.2) is 84.9 Å². The van der Waals surface area contributed by atoms with Crippen molar-refractivity contribution >= 4 is 54.9 Å². The van der Waals surface area contributed by atoms with Crippen molar-refractivity contribution in [1.82, 2.24) is 25.0 Å². The highest BCUT2D eigenvalue weighted by Gasteiger charge is 2.40. The maximum atomic E-state index is 14.8. The molecule has 0 aliphatic carbocycles. The van der Waals surface area contributed by atoms with E-state index in [1.54, 1.807) is 18.3 Å². The molecule has 3 aromatic rings. The smallest absolute Gasteiger partial charge is 0.323 e. The Morgan fingerprint density at radius 1 is 1.11 bits per heavy atom. The van der Waals surface area contributed by atoms with Gasteiger partial charge < -0.3 is 19.5 Å². The lowest BCUT2D eigenvalue weighted by Gasteiger charge is -2.39. The summed E-state index contributed by atoms with van der Waals surface area (Å²) >= 11 is 7.70. The average Bonchev–Trinajstić information content (AvgIpc) is 3.36. The molecule has 2 aliphatic heterocycles. The van der Waals surface area contributed by atoms with E-state index in [0.29, 0.717) is 50.7 Å². The Hall–Kier alpha value is -2.77. The Balaban J connectivity index is 1.30. The third-order valence-corrected chi connectivity index (χ3v) is 15.3. The van der Waals surface area contributed by atoms with Gasteiger partial charge in [0.1, 0.15) is 16.7 Å². The molecule has 2 aliphatic rings. The van der Waals surface area contributed by atoms with E-state index < -0.39 is 14.1 Å². The van der Waals surface area contributed by atoms with Gasteiger partial charge in [0.25, 0.3) is 0 Å². The summed E-state index contributed by atoms with van der Waals surface area (Å²) in [7, 11) is 0.279. The number of benzene rings is 1. The van der Waals surface area contributed by atoms with Gasteiger partial charge in [-0.1, -0.05) is 32.4 Å². The number of nitrogens with one attached hydrogen (secondary N) is 2. The van der Waals surface area contributed by atoms with E-state index in [0.717, 1.165) is 39.0 Å². The average molecular weight is 686 g/mol. The van der Waals surface area contributed by atoms with Gasteiger partial charge in [-0.15, -0.1) is 22.0 Å². The highest BCUT2D eigenvalue weighted by atomic mass is 35.5. The lowest BCUT2D eigenvalue weighted by atomic mass is 9.78. The zero-order chi connectivity index (χ0) is 33.1. The third-order valence-electron chi connectivity index (χ3n) is 9.57. The molecule has 0 saturated carbocycles. The molecule has 0 radical (unpaired) electrons. The molecule has 1 aromatic carbocycles. The number of piperidine rings is 1. The predicted molar refractivity (Wildman–Crippen MR) is 188 cm³/mol. The second kappa shape index (κ2) is 14.1. The van der Waals surface area contributed by atoms with E-state index in [2.05, 4.69) is 71.6 Å². The van der Waals surface area contributed by atoms with Crippen LogP contribution in [0.15, 0.2) is 47.6 Å². The summed E-state index contributed by atoms with van der Waals surface area (Å²) in [6.45, 7) is 15.4. The fourth-order valence-corrected chi connectivity index (χ4v) is 7.81. The largest absolute Gasteiger partial charge is 0.416 e. The first-order chi connectivity index (χ1) is 21.7. The van der Waals surface area contributed by atoms with Crippen LogP contribution in [0.2, 0.25) is 23.2 Å². The zero-order valence-electron chi connectivity index (χ0n) is 27.6. The molecule has 2 amide bonds. The normalized spacial score (nSPS) is 17.0. The van der Waals surface area contributed by atoms with E-state index in [-0.39, 0.29) is 16.6 Å². The third kappa shape index (κ3) is 8.38. The van der Waals surface area contributed by atoms with Crippen LogP contribution in [0, 0.1) is 11.2 Å². The number of aromatic nitrogens is 3. The molecule has 0 atom stereocenters. The summed E-state index contributed by atoms with van der Waals surface area (Å²) < 4.78 is 21.1. The fraction of sp³-hybridized carbons (Fsp3) is 0.515. The van der Waals surface area contributed by atoms with Gasteiger partial charge in [-0.05, 0) is 86.7 Å². The van der Waals surface area contributed by atoms with Crippen LogP contribution >= 0.6 is 23.4 Å². The van der Waals surface area contributed by atoms with Gasteiger partial charge in [-0.2, -0.15) is 0 Å². The molecule has 2 N–H and O–H groups in total. The number of anilines is 3. The number of halogens is 2. The molecule has 9 nitrogen and oxygen atoms in total. The molecule has 46 heavy (non-hydrogen) atoms. The van der Waals surface area contributed by atoms with Gasteiger partial charge in [-0.25, -0.2) is 14.2 Å². The van der Waals surface area contributed by atoms with Gasteiger partial charge in [0.2, 0.25) is 0 Å². The number of carbonyl (C=O) groups excluding carboxylic acids is 1. The number of nitrogens with zero attached hydrogens (tertiary/aromatic N) is 5. The predicted octanol–water partition coefficient (Wildman–Crippen LogP) is 8.14. The maximum absolute atomic E-state index is 14.8. The van der Waals surface area contributed by atoms with Crippen molar-refractivity contribution in [2.45, 2.75) is 63.2 Å². The molecule has 0 bridgehead atoms. The number of hydrogen-bond acceptors (Lipinski definition) is 8. The van der Waals surface area contributed by atoms with Gasteiger partial charge >= 0.3 is 6.03 Å². The van der Waals surface area contributed by atoms with Crippen molar-refractivity contribution in [3.05, 3.63) is 53.4 Å². The quantitative estimate of drug-likeness (QED) is 0.132. The maximum Gasteiger partial charge on any atom is 0.323 e. The molecule has 2 aromatic heterocycles. The first-order valence-electron chi connectivity index (χ1n) is 15.8. The van der Waals surface area contributed by atoms with Crippen molar-refractivity contribution in [3.63, 3.8) is 0 Å². The van der Waals surface area contributed by atoms with Crippen molar-refractivity contribution in [2.24, 2.45) is 5.41 Å². The number of urea groups is 1. The minimum Gasteiger partial charge on any atom is -0.416 e. The number of hydrogen-bond donors (Lipinski definition) is 2. The van der Waals surface area contributed by atoms with Crippen LogP contribution in [-0.2, 0) is 4.43 Å². The number of likely N-dealkylation sites (tertiary alicyclic amines) is 2. The summed E-state index contributed by atoms with van der Waals surface area (Å²) in [4.78, 5) is 21.8. The van der Waals surface area contributed by atoms with Gasteiger partial charge in [-0.3, -0.25) is 5.32 Å². The summed E-state index contributed by atoms with van der Waals surface area (Å²) in [5.41, 5.74) is 2.29. The number of amides is 2. The molecule has 4 heterocycles. The Bertz CT molecular complexity index is 1550. The summed E-state index contributed by atoms with van der Waals surface area (Å²) in [5.74, 6) is 0.674. The standard InChI is InChI=1S/C33H45ClFN7O2SSi/c1-32(2,3)46(5,6)44-17-18-45-30-28(21-27(39-40-30)25-19-23(34)7-8-26(25)35)37-24-9-13-36-29(20-24)38-31(43)42-15-11-33(12-16-42)10-14-41(4)22-33/h7-9,13,19-21H,10-12,14-18,22H2,1-6H3,(H2,36,37,38,39,43). The first-order valence-corrected chi connectivity index (χ1v) is 20.1. The van der Waals surface area contributed by atoms with Crippen molar-refractivity contribution in [1.29, 1.82) is 0 Å². The molecule has 5 rings (SSSR count). The molecular formula is C33H45ClFN7O2SSi. The number of thioether (sulfide) groups is 1. The number of pyridine rings is 1. The molecule has 13 heteroatoms. The van der Waals surface area contributed by atoms with Crippen LogP contribution in [0.25, 0.3) is 11.3 Å². The highest BCUT2D eigenvalue weighted by Crippen LogP contribution is 2.40. The Labute approximate surface area is 282 Å². The van der Waals surface area contributed by atoms with E-state index in [4.69, 9.17) is 16.0 Å². The van der Waals surface area contributed by atoms with Crippen LogP contribution in [0.3, 0.4) is 0 Å². The Kier molecular flexibility index (Phi) is 10.6. The fourth-order valence-electron chi connectivity index (χ4n) is 5.73. The molecular weight excluding hydrogens is 641 g/mol. The zero-order valence-corrected chi connectivity index (χ0v) is 30.2. The van der Waals surface area contributed by atoms with Crippen LogP contribution in [0.4, 0.5) is 26.4 Å². The lowest BCUT2D eigenvalue weighted by Crippen LogP contribution is -2.45. The molecule has 2 saturated heterocycles. The topological polar surface area (TPSA) is 95.5 Å². The Morgan fingerprint density at radius 2 is 1.85 bits per heavy atom. The second-order valence-corrected chi connectivity index (χ2v) is 20.3. The van der Waals surface area contributed by atoms with E-state index >= 15 is 0 Å². The van der Waals surface area contributed by atoms with Crippen LogP contribution in [0.5, 0.6) is 0 Å². The summed E-state index contributed by atoms with van der Waals surface area (Å²) in [6.07, 6.45) is 4.88. The Morgan fingerprint density at radius 3 is 2.54 bits per heavy atom. The van der Waals surface area contributed by atoms with Gasteiger partial charge in [0, 0.05) is 60.5 Å². The molecule has 2 fully saturated rings. The van der Waals surface area contributed by atoms with Gasteiger partial charge in [0.15, 0.2) is 8.32 Å². The monoisotopic (exact) mass is 685 g/mol. The second-order valence-electron chi connectivity index (χ2n) is 14.0. The lowest BCUT2D eigenvalue weighted by molar-refractivity contribution is 0.128. The molecule has 1 spiro atoms. The van der Waals surface area contributed by atoms with Crippen LogP contribution in [0.1, 0.15) is 40.0 Å². The number of rotatable bonds is 9. The SMILES string of the molecule is CN1CCC2(CCN(C(=O)Nc3cc(Nc4cc(-c5cc(Cl)ccc5F)nnc4SCCO[Si](C)(C)C(C)(C)C)ccn3)CC2)C1. The van der Waals surface area contributed by atoms with Crippen molar-refractivity contribution < 1.29 is 13.6 Å². The minimum atomic E-state index is -1.89. The van der Waals surface area contributed by atoms with Crippen molar-refractivity contribution in [3.8, 4) is 11.3 Å². The summed E-state index contributed by atoms with van der Waals surface area (Å²) in [5, 5.41) is 16.4. The summed E-state index contributed by atoms with van der Waals surface area (Å²) in [6, 6.07) is 9.57. The minimum absolute atomic E-state index is 0.116. The van der Waals surface area contributed by atoms with E-state index in [1.807, 2.05) is 11.0 Å². The van der Waals surface area contributed by atoms with Gasteiger partial charge in [0.05, 0.1) is 11.4 Å². The van der Waals surface area contributed by atoms with E-state index in [1.165, 1.54) is 36.4 Å². The van der Waals surface area contributed by atoms with Crippen molar-refractivity contribution in [2.75, 3.05) is 56.2 Å². The highest BCUT2D eigenvalue weighted by molar-refractivity contribution is 7.99. The molecule has 248 valence electrons. The van der Waals surface area contributed by atoms with Crippen LogP contribution < -0.4 is 10.6 Å². The first kappa shape index (κ1) is 34.6. The van der Waals surface area contributed by atoms with E-state index in [9.17, 15) is 9.18 Å². The number of carbonyl (C=O) groups is 1. The molecule has 0 unspecified atom stereocenters.